The van der Waals surface area contributed by atoms with E-state index in [0.717, 1.165) is 0 Å². The summed E-state index contributed by atoms with van der Waals surface area (Å²) in [5.41, 5.74) is 0.311. The first kappa shape index (κ1) is 11.4. The maximum Gasteiger partial charge on any atom is 0.183 e. The van der Waals surface area contributed by atoms with Gasteiger partial charge in [0.1, 0.15) is 6.07 Å². The first-order chi connectivity index (χ1) is 7.15. The zero-order valence-electron chi connectivity index (χ0n) is 8.88. The summed E-state index contributed by atoms with van der Waals surface area (Å²) in [6.07, 6.45) is 3.33. The third-order valence-corrected chi connectivity index (χ3v) is 2.03. The van der Waals surface area contributed by atoms with Gasteiger partial charge in [0, 0.05) is 26.0 Å². The van der Waals surface area contributed by atoms with E-state index in [0.29, 0.717) is 24.5 Å². The SMILES string of the molecule is C[C@@H](O)CCN(C)c1nccnc1C#N. The second-order valence-corrected chi connectivity index (χ2v) is 3.40. The van der Waals surface area contributed by atoms with Crippen molar-refractivity contribution >= 4 is 5.82 Å². The summed E-state index contributed by atoms with van der Waals surface area (Å²) in [6.45, 7) is 2.38. The third kappa shape index (κ3) is 3.18. The van der Waals surface area contributed by atoms with E-state index in [-0.39, 0.29) is 6.10 Å². The molecule has 0 radical (unpaired) electrons. The highest BCUT2D eigenvalue weighted by Crippen LogP contribution is 2.12. The number of nitriles is 1. The van der Waals surface area contributed by atoms with Gasteiger partial charge in [-0.15, -0.1) is 0 Å². The molecule has 1 heterocycles. The molecule has 0 aliphatic rings. The largest absolute Gasteiger partial charge is 0.393 e. The molecule has 5 nitrogen and oxygen atoms in total. The first-order valence-electron chi connectivity index (χ1n) is 4.75. The van der Waals surface area contributed by atoms with E-state index in [1.807, 2.05) is 18.0 Å². The molecular weight excluding hydrogens is 192 g/mol. The van der Waals surface area contributed by atoms with Crippen LogP contribution in [0.25, 0.3) is 0 Å². The zero-order chi connectivity index (χ0) is 11.3. The van der Waals surface area contributed by atoms with Crippen LogP contribution in [-0.4, -0.2) is 34.8 Å². The molecule has 1 rings (SSSR count). The molecule has 1 atom stereocenters. The first-order valence-corrected chi connectivity index (χ1v) is 4.75. The number of rotatable bonds is 4. The number of nitrogens with zero attached hydrogens (tertiary/aromatic N) is 4. The van der Waals surface area contributed by atoms with E-state index in [1.54, 1.807) is 13.1 Å². The fraction of sp³-hybridized carbons (Fsp3) is 0.500. The van der Waals surface area contributed by atoms with Crippen LogP contribution in [0.5, 0.6) is 0 Å². The van der Waals surface area contributed by atoms with Gasteiger partial charge in [-0.05, 0) is 13.3 Å². The summed E-state index contributed by atoms with van der Waals surface area (Å²) in [5.74, 6) is 0.556. The molecule has 0 aliphatic heterocycles. The fourth-order valence-corrected chi connectivity index (χ4v) is 1.18. The van der Waals surface area contributed by atoms with Gasteiger partial charge in [-0.25, -0.2) is 9.97 Å². The lowest BCUT2D eigenvalue weighted by Crippen LogP contribution is -2.23. The van der Waals surface area contributed by atoms with Crippen molar-refractivity contribution in [3.63, 3.8) is 0 Å². The average Bonchev–Trinajstić information content (AvgIpc) is 2.25. The summed E-state index contributed by atoms with van der Waals surface area (Å²) >= 11 is 0. The molecule has 80 valence electrons. The molecule has 0 spiro atoms. The van der Waals surface area contributed by atoms with E-state index in [2.05, 4.69) is 9.97 Å². The molecule has 0 bridgehead atoms. The smallest absolute Gasteiger partial charge is 0.183 e. The summed E-state index contributed by atoms with van der Waals surface area (Å²) in [4.78, 5) is 9.82. The van der Waals surface area contributed by atoms with E-state index in [9.17, 15) is 0 Å². The third-order valence-electron chi connectivity index (χ3n) is 2.03. The number of aliphatic hydroxyl groups is 1. The highest BCUT2D eigenvalue weighted by molar-refractivity contribution is 5.48. The summed E-state index contributed by atoms with van der Waals surface area (Å²) in [5, 5.41) is 18.0. The van der Waals surface area contributed by atoms with Crippen LogP contribution in [-0.2, 0) is 0 Å². The van der Waals surface area contributed by atoms with Gasteiger partial charge in [0.15, 0.2) is 11.5 Å². The van der Waals surface area contributed by atoms with Gasteiger partial charge in [-0.3, -0.25) is 0 Å². The van der Waals surface area contributed by atoms with Crippen molar-refractivity contribution in [2.24, 2.45) is 0 Å². The van der Waals surface area contributed by atoms with Crippen LogP contribution in [0.3, 0.4) is 0 Å². The van der Waals surface area contributed by atoms with Gasteiger partial charge in [-0.1, -0.05) is 0 Å². The van der Waals surface area contributed by atoms with Crippen LogP contribution in [0.1, 0.15) is 19.0 Å². The Hall–Kier alpha value is -1.67. The van der Waals surface area contributed by atoms with Crippen molar-refractivity contribution in [1.82, 2.24) is 9.97 Å². The van der Waals surface area contributed by atoms with Crippen LogP contribution >= 0.6 is 0 Å². The zero-order valence-corrected chi connectivity index (χ0v) is 8.88. The topological polar surface area (TPSA) is 73.0 Å². The highest BCUT2D eigenvalue weighted by atomic mass is 16.3. The molecule has 1 aromatic rings. The maximum atomic E-state index is 9.15. The average molecular weight is 206 g/mol. The van der Waals surface area contributed by atoms with Crippen LogP contribution in [0, 0.1) is 11.3 Å². The minimum Gasteiger partial charge on any atom is -0.393 e. The number of hydrogen-bond acceptors (Lipinski definition) is 5. The molecule has 15 heavy (non-hydrogen) atoms. The number of hydrogen-bond donors (Lipinski definition) is 1. The number of aliphatic hydroxyl groups excluding tert-OH is 1. The standard InChI is InChI=1S/C10H14N4O/c1-8(15)3-6-14(2)10-9(7-11)12-4-5-13-10/h4-5,8,15H,3,6H2,1-2H3/t8-/m1/s1. The van der Waals surface area contributed by atoms with Gasteiger partial charge in [-0.2, -0.15) is 5.26 Å². The Morgan fingerprint density at radius 2 is 2.20 bits per heavy atom. The van der Waals surface area contributed by atoms with E-state index in [4.69, 9.17) is 10.4 Å². The predicted octanol–water partition coefficient (Wildman–Crippen LogP) is 0.555. The Kier molecular flexibility index (Phi) is 4.01. The lowest BCUT2D eigenvalue weighted by Gasteiger charge is -2.18. The summed E-state index contributed by atoms with van der Waals surface area (Å²) in [7, 11) is 1.83. The van der Waals surface area contributed by atoms with Gasteiger partial charge in [0.05, 0.1) is 6.10 Å². The lowest BCUT2D eigenvalue weighted by atomic mass is 10.2. The molecule has 0 unspecified atom stereocenters. The second kappa shape index (κ2) is 5.27. The predicted molar refractivity (Wildman–Crippen MR) is 56.3 cm³/mol. The van der Waals surface area contributed by atoms with Crippen molar-refractivity contribution in [3.8, 4) is 6.07 Å². The Balaban J connectivity index is 2.73. The molecule has 0 saturated heterocycles. The van der Waals surface area contributed by atoms with E-state index >= 15 is 0 Å². The van der Waals surface area contributed by atoms with Crippen molar-refractivity contribution in [3.05, 3.63) is 18.1 Å². The number of anilines is 1. The minimum absolute atomic E-state index is 0.311. The van der Waals surface area contributed by atoms with E-state index < -0.39 is 0 Å². The molecule has 0 saturated carbocycles. The van der Waals surface area contributed by atoms with E-state index in [1.165, 1.54) is 6.20 Å². The Morgan fingerprint density at radius 3 is 2.80 bits per heavy atom. The maximum absolute atomic E-state index is 9.15. The molecule has 5 heteroatoms. The van der Waals surface area contributed by atoms with Crippen molar-refractivity contribution in [1.29, 1.82) is 5.26 Å². The van der Waals surface area contributed by atoms with Crippen LogP contribution < -0.4 is 4.90 Å². The van der Waals surface area contributed by atoms with Crippen molar-refractivity contribution < 1.29 is 5.11 Å². The molecule has 1 aromatic heterocycles. The van der Waals surface area contributed by atoms with Crippen LogP contribution in [0.2, 0.25) is 0 Å². The quantitative estimate of drug-likeness (QED) is 0.779. The highest BCUT2D eigenvalue weighted by Gasteiger charge is 2.09. The summed E-state index contributed by atoms with van der Waals surface area (Å²) in [6, 6.07) is 1.99. The molecule has 0 aliphatic carbocycles. The van der Waals surface area contributed by atoms with Crippen molar-refractivity contribution in [2.45, 2.75) is 19.4 Å². The molecule has 0 aromatic carbocycles. The van der Waals surface area contributed by atoms with Crippen molar-refractivity contribution in [2.75, 3.05) is 18.5 Å². The summed E-state index contributed by atoms with van der Waals surface area (Å²) < 4.78 is 0. The lowest BCUT2D eigenvalue weighted by molar-refractivity contribution is 0.187. The molecule has 1 N–H and O–H groups in total. The van der Waals surface area contributed by atoms with Gasteiger partial charge in [0.25, 0.3) is 0 Å². The molecular formula is C10H14N4O. The Bertz CT molecular complexity index is 359. The van der Waals surface area contributed by atoms with Crippen LogP contribution in [0.15, 0.2) is 12.4 Å². The monoisotopic (exact) mass is 206 g/mol. The van der Waals surface area contributed by atoms with Gasteiger partial charge >= 0.3 is 0 Å². The number of aromatic nitrogens is 2. The Labute approximate surface area is 89.0 Å². The normalized spacial score (nSPS) is 11.9. The molecule has 0 fully saturated rings. The van der Waals surface area contributed by atoms with Crippen LogP contribution in [0.4, 0.5) is 5.82 Å². The van der Waals surface area contributed by atoms with Gasteiger partial charge < -0.3 is 10.0 Å². The molecule has 0 amide bonds. The minimum atomic E-state index is -0.352. The Morgan fingerprint density at radius 1 is 1.53 bits per heavy atom. The second-order valence-electron chi connectivity index (χ2n) is 3.40. The fourth-order valence-electron chi connectivity index (χ4n) is 1.18. The van der Waals surface area contributed by atoms with Gasteiger partial charge in [0.2, 0.25) is 0 Å².